The lowest BCUT2D eigenvalue weighted by molar-refractivity contribution is -0.147. The van der Waals surface area contributed by atoms with Gasteiger partial charge in [0.2, 0.25) is 0 Å². The average Bonchev–Trinajstić information content (AvgIpc) is 2.76. The maximum atomic E-state index is 13.7. The Labute approximate surface area is 110 Å². The van der Waals surface area contributed by atoms with Gasteiger partial charge in [0.25, 0.3) is 5.91 Å². The Morgan fingerprint density at radius 2 is 2.11 bits per heavy atom. The zero-order valence-electron chi connectivity index (χ0n) is 10.9. The number of likely N-dealkylation sites (tertiary alicyclic amines) is 1. The van der Waals surface area contributed by atoms with Crippen LogP contribution in [0.5, 0.6) is 0 Å². The van der Waals surface area contributed by atoms with E-state index in [0.29, 0.717) is 13.0 Å². The van der Waals surface area contributed by atoms with E-state index in [0.717, 1.165) is 5.56 Å². The van der Waals surface area contributed by atoms with Crippen molar-refractivity contribution in [1.29, 1.82) is 0 Å². The van der Waals surface area contributed by atoms with Crippen molar-refractivity contribution in [2.75, 3.05) is 13.1 Å². The standard InChI is InChI=1S/C14H16FNO3/c1-9-3-4-11(15)10(7-9)12(17)16-6-5-14(2,8-16)13(18)19/h3-4,7H,5-6,8H2,1-2H3,(H,18,19)/t14-/m0/s1. The van der Waals surface area contributed by atoms with Gasteiger partial charge in [-0.15, -0.1) is 0 Å². The number of rotatable bonds is 2. The summed E-state index contributed by atoms with van der Waals surface area (Å²) in [5, 5.41) is 9.13. The molecule has 0 unspecified atom stereocenters. The molecule has 0 aliphatic carbocycles. The van der Waals surface area contributed by atoms with Gasteiger partial charge in [0.15, 0.2) is 0 Å². The third-order valence-corrected chi connectivity index (χ3v) is 3.63. The lowest BCUT2D eigenvalue weighted by Crippen LogP contribution is -2.35. The van der Waals surface area contributed by atoms with Gasteiger partial charge in [0.05, 0.1) is 11.0 Å². The summed E-state index contributed by atoms with van der Waals surface area (Å²) in [4.78, 5) is 24.8. The van der Waals surface area contributed by atoms with Crippen LogP contribution in [0, 0.1) is 18.2 Å². The van der Waals surface area contributed by atoms with Crippen molar-refractivity contribution >= 4 is 11.9 Å². The largest absolute Gasteiger partial charge is 0.481 e. The molecule has 5 heteroatoms. The highest BCUT2D eigenvalue weighted by Gasteiger charge is 2.42. The van der Waals surface area contributed by atoms with E-state index in [9.17, 15) is 14.0 Å². The zero-order valence-corrected chi connectivity index (χ0v) is 10.9. The Hall–Kier alpha value is -1.91. The van der Waals surface area contributed by atoms with Crippen LogP contribution in [0.2, 0.25) is 0 Å². The number of carboxylic acids is 1. The molecule has 1 aliphatic rings. The molecule has 1 N–H and O–H groups in total. The van der Waals surface area contributed by atoms with Crippen LogP contribution in [0.25, 0.3) is 0 Å². The summed E-state index contributed by atoms with van der Waals surface area (Å²) in [6, 6.07) is 4.35. The van der Waals surface area contributed by atoms with Gasteiger partial charge in [-0.1, -0.05) is 11.6 Å². The number of carbonyl (C=O) groups excluding carboxylic acids is 1. The predicted octanol–water partition coefficient (Wildman–Crippen LogP) is 2.07. The first-order valence-electron chi connectivity index (χ1n) is 6.12. The molecule has 1 fully saturated rings. The van der Waals surface area contributed by atoms with Gasteiger partial charge in [-0.05, 0) is 32.4 Å². The van der Waals surface area contributed by atoms with Gasteiger partial charge in [0, 0.05) is 13.1 Å². The minimum atomic E-state index is -0.935. The lowest BCUT2D eigenvalue weighted by Gasteiger charge is -2.20. The Balaban J connectivity index is 2.22. The van der Waals surface area contributed by atoms with Gasteiger partial charge in [-0.25, -0.2) is 4.39 Å². The molecule has 4 nitrogen and oxygen atoms in total. The fraction of sp³-hybridized carbons (Fsp3) is 0.429. The normalized spacial score (nSPS) is 22.6. The molecule has 1 aromatic rings. The summed E-state index contributed by atoms with van der Waals surface area (Å²) in [5.74, 6) is -1.93. The van der Waals surface area contributed by atoms with Crippen LogP contribution in [0.1, 0.15) is 29.3 Å². The van der Waals surface area contributed by atoms with Crippen LogP contribution in [0.15, 0.2) is 18.2 Å². The molecule has 1 atom stereocenters. The molecule has 0 radical (unpaired) electrons. The monoisotopic (exact) mass is 265 g/mol. The number of hydrogen-bond donors (Lipinski definition) is 1. The summed E-state index contributed by atoms with van der Waals surface area (Å²) >= 11 is 0. The van der Waals surface area contributed by atoms with Gasteiger partial charge < -0.3 is 10.0 Å². The Morgan fingerprint density at radius 3 is 2.68 bits per heavy atom. The van der Waals surface area contributed by atoms with Crippen LogP contribution in [0.4, 0.5) is 4.39 Å². The van der Waals surface area contributed by atoms with E-state index in [2.05, 4.69) is 0 Å². The molecular weight excluding hydrogens is 249 g/mol. The van der Waals surface area contributed by atoms with E-state index >= 15 is 0 Å². The molecule has 2 rings (SSSR count). The molecule has 1 heterocycles. The van der Waals surface area contributed by atoms with E-state index in [1.807, 2.05) is 0 Å². The molecule has 1 aromatic carbocycles. The molecule has 0 aromatic heterocycles. The van der Waals surface area contributed by atoms with Crippen LogP contribution in [-0.2, 0) is 4.79 Å². The number of hydrogen-bond acceptors (Lipinski definition) is 2. The van der Waals surface area contributed by atoms with E-state index in [1.165, 1.54) is 17.0 Å². The first-order chi connectivity index (χ1) is 8.83. The summed E-state index contributed by atoms with van der Waals surface area (Å²) < 4.78 is 13.7. The predicted molar refractivity (Wildman–Crippen MR) is 67.4 cm³/mol. The van der Waals surface area contributed by atoms with Crippen molar-refractivity contribution < 1.29 is 19.1 Å². The van der Waals surface area contributed by atoms with Crippen molar-refractivity contribution in [2.45, 2.75) is 20.3 Å². The maximum Gasteiger partial charge on any atom is 0.311 e. The Bertz CT molecular complexity index is 543. The van der Waals surface area contributed by atoms with Crippen LogP contribution in [0.3, 0.4) is 0 Å². The smallest absolute Gasteiger partial charge is 0.311 e. The quantitative estimate of drug-likeness (QED) is 0.890. The number of amides is 1. The highest BCUT2D eigenvalue weighted by Crippen LogP contribution is 2.31. The Morgan fingerprint density at radius 1 is 1.42 bits per heavy atom. The van der Waals surface area contributed by atoms with Crippen LogP contribution < -0.4 is 0 Å². The maximum absolute atomic E-state index is 13.7. The zero-order chi connectivity index (χ0) is 14.2. The van der Waals surface area contributed by atoms with Crippen molar-refractivity contribution in [3.05, 3.63) is 35.1 Å². The average molecular weight is 265 g/mol. The number of carboxylic acid groups (broad SMARTS) is 1. The molecule has 1 saturated heterocycles. The molecule has 1 amide bonds. The number of aliphatic carboxylic acids is 1. The van der Waals surface area contributed by atoms with Gasteiger partial charge in [-0.2, -0.15) is 0 Å². The Kier molecular flexibility index (Phi) is 3.30. The lowest BCUT2D eigenvalue weighted by atomic mass is 9.90. The van der Waals surface area contributed by atoms with E-state index in [4.69, 9.17) is 5.11 Å². The van der Waals surface area contributed by atoms with Crippen LogP contribution in [-0.4, -0.2) is 35.0 Å². The highest BCUT2D eigenvalue weighted by molar-refractivity contribution is 5.95. The number of nitrogens with zero attached hydrogens (tertiary/aromatic N) is 1. The molecular formula is C14H16FNO3. The van der Waals surface area contributed by atoms with Gasteiger partial charge in [-0.3, -0.25) is 9.59 Å². The van der Waals surface area contributed by atoms with Crippen molar-refractivity contribution in [3.8, 4) is 0 Å². The molecule has 0 spiro atoms. The van der Waals surface area contributed by atoms with Crippen molar-refractivity contribution in [2.24, 2.45) is 5.41 Å². The van der Waals surface area contributed by atoms with Gasteiger partial charge >= 0.3 is 5.97 Å². The molecule has 19 heavy (non-hydrogen) atoms. The fourth-order valence-electron chi connectivity index (χ4n) is 2.28. The molecule has 1 aliphatic heterocycles. The van der Waals surface area contributed by atoms with Crippen molar-refractivity contribution in [1.82, 2.24) is 4.90 Å². The number of benzene rings is 1. The topological polar surface area (TPSA) is 57.6 Å². The summed E-state index contributed by atoms with van der Waals surface area (Å²) in [6.07, 6.45) is 0.390. The molecule has 0 saturated carbocycles. The number of carbonyl (C=O) groups is 2. The van der Waals surface area contributed by atoms with E-state index in [-0.39, 0.29) is 12.1 Å². The minimum absolute atomic E-state index is 0.00892. The minimum Gasteiger partial charge on any atom is -0.481 e. The van der Waals surface area contributed by atoms with E-state index in [1.54, 1.807) is 19.9 Å². The fourth-order valence-corrected chi connectivity index (χ4v) is 2.28. The van der Waals surface area contributed by atoms with E-state index < -0.39 is 23.1 Å². The number of aryl methyl sites for hydroxylation is 1. The SMILES string of the molecule is Cc1ccc(F)c(C(=O)N2CC[C@](C)(C(=O)O)C2)c1. The summed E-state index contributed by atoms with van der Waals surface area (Å²) in [6.45, 7) is 3.85. The number of halogens is 1. The first-order valence-corrected chi connectivity index (χ1v) is 6.12. The first kappa shape index (κ1) is 13.5. The second-order valence-electron chi connectivity index (χ2n) is 5.33. The second-order valence-corrected chi connectivity index (χ2v) is 5.33. The molecule has 102 valence electrons. The van der Waals surface area contributed by atoms with Crippen molar-refractivity contribution in [3.63, 3.8) is 0 Å². The second kappa shape index (κ2) is 4.64. The van der Waals surface area contributed by atoms with Crippen LogP contribution >= 0.6 is 0 Å². The third kappa shape index (κ3) is 2.45. The highest BCUT2D eigenvalue weighted by atomic mass is 19.1. The van der Waals surface area contributed by atoms with Gasteiger partial charge in [0.1, 0.15) is 5.82 Å². The summed E-state index contributed by atoms with van der Waals surface area (Å²) in [5.41, 5.74) is -0.129. The molecule has 0 bridgehead atoms. The summed E-state index contributed by atoms with van der Waals surface area (Å²) in [7, 11) is 0. The third-order valence-electron chi connectivity index (χ3n) is 3.63.